The number of rotatable bonds is 2. The van der Waals surface area contributed by atoms with Crippen molar-refractivity contribution in [2.75, 3.05) is 0 Å². The second-order valence-electron chi connectivity index (χ2n) is 5.06. The van der Waals surface area contributed by atoms with Gasteiger partial charge in [0.25, 0.3) is 20.2 Å². The average Bonchev–Trinajstić information content (AvgIpc) is 2.49. The molecule has 0 aromatic heterocycles. The van der Waals surface area contributed by atoms with E-state index in [0.29, 0.717) is 0 Å². The molecule has 0 amide bonds. The summed E-state index contributed by atoms with van der Waals surface area (Å²) in [6.07, 6.45) is 0. The van der Waals surface area contributed by atoms with Gasteiger partial charge in [-0.15, -0.1) is 0 Å². The first-order chi connectivity index (χ1) is 11.0. The van der Waals surface area contributed by atoms with Crippen LogP contribution in [0.5, 0.6) is 11.5 Å². The van der Waals surface area contributed by atoms with Gasteiger partial charge >= 0.3 is 0 Å². The Morgan fingerprint density at radius 3 is 1.25 bits per heavy atom. The highest BCUT2D eigenvalue weighted by Crippen LogP contribution is 2.42. The smallest absolute Gasteiger partial charge is 0.294 e. The summed E-state index contributed by atoms with van der Waals surface area (Å²) in [6, 6.07) is 6.39. The van der Waals surface area contributed by atoms with Crippen LogP contribution in [0.3, 0.4) is 0 Å². The number of phenols is 2. The summed E-state index contributed by atoms with van der Waals surface area (Å²) in [6.45, 7) is 0. The van der Waals surface area contributed by atoms with Gasteiger partial charge in [0, 0.05) is 21.5 Å². The Hall–Kier alpha value is -2.40. The zero-order chi connectivity index (χ0) is 17.9. The van der Waals surface area contributed by atoms with Gasteiger partial charge in [0.15, 0.2) is 0 Å². The molecule has 0 atom stereocenters. The summed E-state index contributed by atoms with van der Waals surface area (Å²) in [7, 11) is -9.07. The standard InChI is InChI=1S/C14H10O8S2/c15-13-9-3-1-7(23(17,18)19)5-11(9)14(16)12-6-8(24(20,21)22)2-4-10(12)13/h1-6,15-16H,(H,17,18,19)(H,20,21,22). The topological polar surface area (TPSA) is 149 Å². The fourth-order valence-electron chi connectivity index (χ4n) is 2.46. The van der Waals surface area contributed by atoms with Crippen molar-refractivity contribution in [3.8, 4) is 11.5 Å². The van der Waals surface area contributed by atoms with Crippen LogP contribution in [0.25, 0.3) is 21.5 Å². The Morgan fingerprint density at radius 2 is 0.917 bits per heavy atom. The van der Waals surface area contributed by atoms with E-state index in [1.165, 1.54) is 12.1 Å². The number of hydrogen-bond donors (Lipinski definition) is 4. The molecule has 0 aliphatic heterocycles. The molecule has 3 aromatic carbocycles. The van der Waals surface area contributed by atoms with Crippen molar-refractivity contribution >= 4 is 41.8 Å². The molecule has 0 spiro atoms. The molecule has 24 heavy (non-hydrogen) atoms. The van der Waals surface area contributed by atoms with Crippen LogP contribution < -0.4 is 0 Å². The summed E-state index contributed by atoms with van der Waals surface area (Å²) in [4.78, 5) is -1.01. The normalized spacial score (nSPS) is 12.8. The van der Waals surface area contributed by atoms with Crippen LogP contribution >= 0.6 is 0 Å². The summed E-state index contributed by atoms with van der Waals surface area (Å²) < 4.78 is 63.1. The molecular weight excluding hydrogens is 360 g/mol. The van der Waals surface area contributed by atoms with Crippen molar-refractivity contribution in [3.05, 3.63) is 36.4 Å². The van der Waals surface area contributed by atoms with Gasteiger partial charge in [-0.1, -0.05) is 0 Å². The molecule has 0 saturated carbocycles. The van der Waals surface area contributed by atoms with Crippen LogP contribution in [0.1, 0.15) is 0 Å². The van der Waals surface area contributed by atoms with Crippen molar-refractivity contribution in [2.24, 2.45) is 0 Å². The molecule has 0 fully saturated rings. The van der Waals surface area contributed by atoms with Gasteiger partial charge in [0.2, 0.25) is 0 Å². The van der Waals surface area contributed by atoms with Crippen LogP contribution in [0, 0.1) is 0 Å². The first-order valence-electron chi connectivity index (χ1n) is 6.36. The highest BCUT2D eigenvalue weighted by atomic mass is 32.2. The van der Waals surface area contributed by atoms with Gasteiger partial charge in [0.1, 0.15) is 11.5 Å². The molecule has 0 aliphatic rings. The Bertz CT molecular complexity index is 1120. The molecule has 0 bridgehead atoms. The minimum atomic E-state index is -4.54. The molecular formula is C14H10O8S2. The van der Waals surface area contributed by atoms with Crippen molar-refractivity contribution < 1.29 is 36.2 Å². The Labute approximate surface area is 136 Å². The van der Waals surface area contributed by atoms with Crippen molar-refractivity contribution in [1.82, 2.24) is 0 Å². The minimum Gasteiger partial charge on any atom is -0.507 e. The lowest BCUT2D eigenvalue weighted by molar-refractivity contribution is 0.477. The number of hydrogen-bond acceptors (Lipinski definition) is 6. The van der Waals surface area contributed by atoms with Gasteiger partial charge in [-0.05, 0) is 36.4 Å². The summed E-state index contributed by atoms with van der Waals surface area (Å²) in [5.41, 5.74) is 0. The molecule has 126 valence electrons. The number of phenolic OH excluding ortho intramolecular Hbond substituents is 2. The zero-order valence-electron chi connectivity index (χ0n) is 11.7. The SMILES string of the molecule is O=S(=O)(O)c1ccc2c(O)c3ccc(S(=O)(=O)O)cc3c(O)c2c1. The van der Waals surface area contributed by atoms with Gasteiger partial charge < -0.3 is 10.2 Å². The lowest BCUT2D eigenvalue weighted by Gasteiger charge is -2.11. The third kappa shape index (κ3) is 2.55. The molecule has 0 aliphatic carbocycles. The molecule has 3 aromatic rings. The zero-order valence-corrected chi connectivity index (χ0v) is 13.3. The van der Waals surface area contributed by atoms with E-state index in [-0.39, 0.29) is 27.3 Å². The predicted molar refractivity (Wildman–Crippen MR) is 84.4 cm³/mol. The number of aromatic hydroxyl groups is 2. The summed E-state index contributed by atoms with van der Waals surface area (Å²) in [5, 5.41) is 20.6. The predicted octanol–water partition coefficient (Wildman–Crippen LogP) is 1.90. The van der Waals surface area contributed by atoms with Crippen molar-refractivity contribution in [1.29, 1.82) is 0 Å². The Balaban J connectivity index is 2.50. The summed E-state index contributed by atoms with van der Waals surface area (Å²) >= 11 is 0. The van der Waals surface area contributed by atoms with Gasteiger partial charge in [-0.2, -0.15) is 16.8 Å². The highest BCUT2D eigenvalue weighted by Gasteiger charge is 2.19. The van der Waals surface area contributed by atoms with E-state index in [9.17, 15) is 27.0 Å². The monoisotopic (exact) mass is 370 g/mol. The first-order valence-corrected chi connectivity index (χ1v) is 9.24. The Kier molecular flexibility index (Phi) is 3.46. The molecule has 3 rings (SSSR count). The minimum absolute atomic E-state index is 0.104. The third-order valence-electron chi connectivity index (χ3n) is 3.60. The molecule has 0 heterocycles. The second kappa shape index (κ2) is 5.05. The maximum atomic E-state index is 11.2. The van der Waals surface area contributed by atoms with Gasteiger partial charge in [-0.25, -0.2) is 0 Å². The van der Waals surface area contributed by atoms with Gasteiger partial charge in [-0.3, -0.25) is 9.11 Å². The van der Waals surface area contributed by atoms with E-state index in [1.54, 1.807) is 0 Å². The first kappa shape index (κ1) is 16.5. The maximum Gasteiger partial charge on any atom is 0.294 e. The largest absolute Gasteiger partial charge is 0.507 e. The van der Waals surface area contributed by atoms with Crippen LogP contribution in [-0.2, 0) is 20.2 Å². The second-order valence-corrected chi connectivity index (χ2v) is 7.91. The van der Waals surface area contributed by atoms with Crippen LogP contribution in [-0.4, -0.2) is 36.2 Å². The van der Waals surface area contributed by atoms with Crippen LogP contribution in [0.2, 0.25) is 0 Å². The third-order valence-corrected chi connectivity index (χ3v) is 5.30. The maximum absolute atomic E-state index is 11.2. The molecule has 0 unspecified atom stereocenters. The molecule has 8 nitrogen and oxygen atoms in total. The van der Waals surface area contributed by atoms with E-state index >= 15 is 0 Å². The van der Waals surface area contributed by atoms with Gasteiger partial charge in [0.05, 0.1) is 9.79 Å². The molecule has 10 heteroatoms. The number of fused-ring (bicyclic) bond motifs is 2. The molecule has 0 saturated heterocycles. The lowest BCUT2D eigenvalue weighted by atomic mass is 10.0. The molecule has 0 radical (unpaired) electrons. The van der Waals surface area contributed by atoms with Crippen molar-refractivity contribution in [2.45, 2.75) is 9.79 Å². The summed E-state index contributed by atoms with van der Waals surface area (Å²) in [5.74, 6) is -0.824. The fraction of sp³-hybridized carbons (Fsp3) is 0. The van der Waals surface area contributed by atoms with E-state index in [0.717, 1.165) is 24.3 Å². The van der Waals surface area contributed by atoms with E-state index < -0.39 is 35.8 Å². The highest BCUT2D eigenvalue weighted by molar-refractivity contribution is 7.86. The van der Waals surface area contributed by atoms with Crippen LogP contribution in [0.4, 0.5) is 0 Å². The fourth-order valence-corrected chi connectivity index (χ4v) is 3.48. The number of benzene rings is 3. The van der Waals surface area contributed by atoms with E-state index in [2.05, 4.69) is 0 Å². The quantitative estimate of drug-likeness (QED) is 0.303. The molecule has 4 N–H and O–H groups in total. The Morgan fingerprint density at radius 1 is 0.583 bits per heavy atom. The average molecular weight is 370 g/mol. The van der Waals surface area contributed by atoms with Crippen LogP contribution in [0.15, 0.2) is 46.2 Å². The van der Waals surface area contributed by atoms with E-state index in [4.69, 9.17) is 9.11 Å². The van der Waals surface area contributed by atoms with Crippen molar-refractivity contribution in [3.63, 3.8) is 0 Å². The lowest BCUT2D eigenvalue weighted by Crippen LogP contribution is -1.98. The van der Waals surface area contributed by atoms with E-state index in [1.807, 2.05) is 0 Å².